The highest BCUT2D eigenvalue weighted by Crippen LogP contribution is 2.21. The summed E-state index contributed by atoms with van der Waals surface area (Å²) in [5.74, 6) is -1.48. The molecule has 1 aromatic rings. The summed E-state index contributed by atoms with van der Waals surface area (Å²) in [6, 6.07) is 4.84. The van der Waals surface area contributed by atoms with Gasteiger partial charge in [0.1, 0.15) is 6.04 Å². The molecule has 1 amide bonds. The van der Waals surface area contributed by atoms with Gasteiger partial charge in [0.2, 0.25) is 0 Å². The Morgan fingerprint density at radius 3 is 2.65 bits per heavy atom. The van der Waals surface area contributed by atoms with Crippen molar-refractivity contribution in [2.75, 3.05) is 12.8 Å². The molecule has 1 aliphatic rings. The number of hydrogen-bond acceptors (Lipinski definition) is 4. The Bertz CT molecular complexity index is 652. The average molecular weight is 297 g/mol. The zero-order valence-electron chi connectivity index (χ0n) is 10.9. The van der Waals surface area contributed by atoms with Crippen LogP contribution in [-0.4, -0.2) is 49.1 Å². The number of rotatable bonds is 3. The molecule has 0 aliphatic carbocycles. The molecule has 1 aliphatic heterocycles. The molecule has 0 saturated carbocycles. The van der Waals surface area contributed by atoms with Gasteiger partial charge in [-0.15, -0.1) is 0 Å². The van der Waals surface area contributed by atoms with E-state index in [1.165, 1.54) is 29.2 Å². The molecule has 0 aromatic heterocycles. The van der Waals surface area contributed by atoms with Crippen LogP contribution in [0.15, 0.2) is 29.2 Å². The van der Waals surface area contributed by atoms with Crippen molar-refractivity contribution in [3.63, 3.8) is 0 Å². The van der Waals surface area contributed by atoms with Crippen LogP contribution >= 0.6 is 0 Å². The van der Waals surface area contributed by atoms with Gasteiger partial charge in [0.25, 0.3) is 5.91 Å². The summed E-state index contributed by atoms with van der Waals surface area (Å²) < 4.78 is 23.0. The number of carboxylic acids is 1. The highest BCUT2D eigenvalue weighted by molar-refractivity contribution is 7.90. The maximum Gasteiger partial charge on any atom is 0.326 e. The van der Waals surface area contributed by atoms with Gasteiger partial charge < -0.3 is 10.0 Å². The van der Waals surface area contributed by atoms with Crippen LogP contribution in [0.4, 0.5) is 0 Å². The zero-order valence-corrected chi connectivity index (χ0v) is 11.8. The monoisotopic (exact) mass is 297 g/mol. The normalized spacial score (nSPS) is 19.1. The molecular formula is C13H15NO5S. The molecule has 20 heavy (non-hydrogen) atoms. The maximum atomic E-state index is 12.3. The van der Waals surface area contributed by atoms with Gasteiger partial charge in [-0.05, 0) is 31.0 Å². The van der Waals surface area contributed by atoms with Gasteiger partial charge in [-0.25, -0.2) is 13.2 Å². The summed E-state index contributed by atoms with van der Waals surface area (Å²) in [6.07, 6.45) is 2.12. The Morgan fingerprint density at radius 1 is 1.35 bits per heavy atom. The predicted octanol–water partition coefficient (Wildman–Crippen LogP) is 0.779. The van der Waals surface area contributed by atoms with Crippen molar-refractivity contribution in [3.05, 3.63) is 29.8 Å². The van der Waals surface area contributed by atoms with Crippen LogP contribution in [0.25, 0.3) is 0 Å². The van der Waals surface area contributed by atoms with Crippen molar-refractivity contribution in [3.8, 4) is 0 Å². The Balaban J connectivity index is 2.32. The summed E-state index contributed by atoms with van der Waals surface area (Å²) in [5.41, 5.74) is 0.195. The molecular weight excluding hydrogens is 282 g/mol. The molecule has 1 aromatic carbocycles. The van der Waals surface area contributed by atoms with E-state index in [0.29, 0.717) is 19.4 Å². The van der Waals surface area contributed by atoms with Crippen LogP contribution in [0.5, 0.6) is 0 Å². The number of carbonyl (C=O) groups is 2. The Labute approximate surface area is 116 Å². The molecule has 7 heteroatoms. The first kappa shape index (κ1) is 14.5. The van der Waals surface area contributed by atoms with Gasteiger partial charge in [-0.3, -0.25) is 4.79 Å². The highest BCUT2D eigenvalue weighted by atomic mass is 32.2. The molecule has 6 nitrogen and oxygen atoms in total. The van der Waals surface area contributed by atoms with Gasteiger partial charge in [0.15, 0.2) is 9.84 Å². The summed E-state index contributed by atoms with van der Waals surface area (Å²) in [5, 5.41) is 9.07. The van der Waals surface area contributed by atoms with Crippen LogP contribution < -0.4 is 0 Å². The quantitative estimate of drug-likeness (QED) is 0.890. The second-order valence-corrected chi connectivity index (χ2v) is 6.81. The van der Waals surface area contributed by atoms with Crippen LogP contribution in [-0.2, 0) is 14.6 Å². The summed E-state index contributed by atoms with van der Waals surface area (Å²) >= 11 is 0. The average Bonchev–Trinajstić information content (AvgIpc) is 2.86. The zero-order chi connectivity index (χ0) is 14.9. The van der Waals surface area contributed by atoms with Crippen LogP contribution in [0.2, 0.25) is 0 Å². The molecule has 0 radical (unpaired) electrons. The van der Waals surface area contributed by atoms with E-state index in [1.807, 2.05) is 0 Å². The lowest BCUT2D eigenvalue weighted by molar-refractivity contribution is -0.141. The summed E-state index contributed by atoms with van der Waals surface area (Å²) in [7, 11) is -3.40. The first-order valence-electron chi connectivity index (χ1n) is 6.14. The molecule has 1 saturated heterocycles. The van der Waals surface area contributed by atoms with Crippen molar-refractivity contribution in [1.29, 1.82) is 0 Å². The van der Waals surface area contributed by atoms with E-state index in [-0.39, 0.29) is 10.5 Å². The largest absolute Gasteiger partial charge is 0.480 e. The third-order valence-electron chi connectivity index (χ3n) is 3.31. The lowest BCUT2D eigenvalue weighted by Crippen LogP contribution is -2.40. The van der Waals surface area contributed by atoms with Crippen molar-refractivity contribution in [2.45, 2.75) is 23.8 Å². The number of carboxylic acid groups (broad SMARTS) is 1. The molecule has 0 bridgehead atoms. The fourth-order valence-electron chi connectivity index (χ4n) is 2.29. The van der Waals surface area contributed by atoms with E-state index in [1.54, 1.807) is 0 Å². The SMILES string of the molecule is CS(=O)(=O)c1cccc(C(=O)N2CCCC2C(=O)O)c1. The Kier molecular flexibility index (Phi) is 3.80. The highest BCUT2D eigenvalue weighted by Gasteiger charge is 2.34. The fraction of sp³-hybridized carbons (Fsp3) is 0.385. The molecule has 1 fully saturated rings. The molecule has 1 N–H and O–H groups in total. The number of nitrogens with zero attached hydrogens (tertiary/aromatic N) is 1. The van der Waals surface area contributed by atoms with Crippen molar-refractivity contribution in [1.82, 2.24) is 4.90 Å². The van der Waals surface area contributed by atoms with Crippen molar-refractivity contribution < 1.29 is 23.1 Å². The Hall–Kier alpha value is -1.89. The summed E-state index contributed by atoms with van der Waals surface area (Å²) in [4.78, 5) is 24.7. The van der Waals surface area contributed by atoms with E-state index >= 15 is 0 Å². The number of aliphatic carboxylic acids is 1. The van der Waals surface area contributed by atoms with E-state index < -0.39 is 27.8 Å². The van der Waals surface area contributed by atoms with Gasteiger partial charge in [-0.2, -0.15) is 0 Å². The maximum absolute atomic E-state index is 12.3. The minimum absolute atomic E-state index is 0.0504. The van der Waals surface area contributed by atoms with E-state index in [9.17, 15) is 18.0 Å². The van der Waals surface area contributed by atoms with Crippen molar-refractivity contribution >= 4 is 21.7 Å². The predicted molar refractivity (Wildman–Crippen MR) is 71.2 cm³/mol. The van der Waals surface area contributed by atoms with Gasteiger partial charge in [-0.1, -0.05) is 6.07 Å². The van der Waals surface area contributed by atoms with Crippen LogP contribution in [0.3, 0.4) is 0 Å². The second-order valence-electron chi connectivity index (χ2n) is 4.79. The lowest BCUT2D eigenvalue weighted by Gasteiger charge is -2.21. The van der Waals surface area contributed by atoms with Gasteiger partial charge in [0, 0.05) is 18.4 Å². The number of amides is 1. The third-order valence-corrected chi connectivity index (χ3v) is 4.42. The molecule has 1 heterocycles. The Morgan fingerprint density at radius 2 is 2.05 bits per heavy atom. The van der Waals surface area contributed by atoms with Gasteiger partial charge in [0.05, 0.1) is 4.90 Å². The minimum Gasteiger partial charge on any atom is -0.480 e. The standard InChI is InChI=1S/C13H15NO5S/c1-20(18,19)10-5-2-4-9(8-10)12(15)14-7-3-6-11(14)13(16)17/h2,4-5,8,11H,3,6-7H2,1H3,(H,16,17). The number of benzene rings is 1. The first-order valence-corrected chi connectivity index (χ1v) is 8.04. The van der Waals surface area contributed by atoms with E-state index in [0.717, 1.165) is 6.26 Å². The molecule has 1 unspecified atom stereocenters. The minimum atomic E-state index is -3.40. The number of sulfone groups is 1. The van der Waals surface area contributed by atoms with E-state index in [2.05, 4.69) is 0 Å². The van der Waals surface area contributed by atoms with Crippen molar-refractivity contribution in [2.24, 2.45) is 0 Å². The summed E-state index contributed by atoms with van der Waals surface area (Å²) in [6.45, 7) is 0.374. The first-order chi connectivity index (χ1) is 9.30. The van der Waals surface area contributed by atoms with Gasteiger partial charge >= 0.3 is 5.97 Å². The van der Waals surface area contributed by atoms with Crippen LogP contribution in [0.1, 0.15) is 23.2 Å². The van der Waals surface area contributed by atoms with E-state index in [4.69, 9.17) is 5.11 Å². The lowest BCUT2D eigenvalue weighted by atomic mass is 10.1. The smallest absolute Gasteiger partial charge is 0.326 e. The second kappa shape index (κ2) is 5.24. The molecule has 0 spiro atoms. The molecule has 2 rings (SSSR count). The third kappa shape index (κ3) is 2.82. The molecule has 1 atom stereocenters. The molecule has 108 valence electrons. The fourth-order valence-corrected chi connectivity index (χ4v) is 2.96. The van der Waals surface area contributed by atoms with Crippen LogP contribution in [0, 0.1) is 0 Å². The number of carbonyl (C=O) groups excluding carboxylic acids is 1. The number of likely N-dealkylation sites (tertiary alicyclic amines) is 1. The number of hydrogen-bond donors (Lipinski definition) is 1. The topological polar surface area (TPSA) is 91.8 Å².